The van der Waals surface area contributed by atoms with Crippen molar-refractivity contribution in [2.24, 2.45) is 0 Å². The molecule has 5 N–H and O–H groups in total. The highest BCUT2D eigenvalue weighted by atomic mass is 16.4. The molecule has 4 unspecified atom stereocenters. The smallest absolute Gasteiger partial charge is 0.253 e. The predicted molar refractivity (Wildman–Crippen MR) is 119 cm³/mol. The van der Waals surface area contributed by atoms with Crippen LogP contribution in [0.1, 0.15) is 96.8 Å². The largest absolute Gasteiger partial charge is 0.394 e. The van der Waals surface area contributed by atoms with E-state index in [1.165, 1.54) is 82.6 Å². The molecule has 7 heteroatoms. The van der Waals surface area contributed by atoms with Gasteiger partial charge in [0, 0.05) is 13.6 Å². The van der Waals surface area contributed by atoms with Crippen molar-refractivity contribution < 1.29 is 30.3 Å². The third-order valence-electron chi connectivity index (χ3n) is 5.73. The Morgan fingerprint density at radius 1 is 0.700 bits per heavy atom. The molecule has 1 amide bonds. The number of aliphatic hydroxyl groups is 5. The topological polar surface area (TPSA) is 121 Å². The Morgan fingerprint density at radius 2 is 1.10 bits per heavy atom. The number of carbonyl (C=O) groups excluding carboxylic acids is 1. The first-order valence-electron chi connectivity index (χ1n) is 11.9. The summed E-state index contributed by atoms with van der Waals surface area (Å²) in [5.74, 6) is -0.707. The van der Waals surface area contributed by atoms with Gasteiger partial charge >= 0.3 is 0 Å². The first kappa shape index (κ1) is 29.3. The summed E-state index contributed by atoms with van der Waals surface area (Å²) in [5.41, 5.74) is 0. The van der Waals surface area contributed by atoms with Crippen LogP contribution in [-0.4, -0.2) is 81.0 Å². The van der Waals surface area contributed by atoms with E-state index in [0.717, 1.165) is 19.3 Å². The van der Waals surface area contributed by atoms with Gasteiger partial charge in [0.05, 0.1) is 6.61 Å². The Balaban J connectivity index is 3.68. The first-order valence-corrected chi connectivity index (χ1v) is 11.9. The highest BCUT2D eigenvalue weighted by molar-refractivity contribution is 5.81. The van der Waals surface area contributed by atoms with E-state index in [-0.39, 0.29) is 0 Å². The lowest BCUT2D eigenvalue weighted by atomic mass is 10.0. The summed E-state index contributed by atoms with van der Waals surface area (Å²) < 4.78 is 0. The normalized spacial score (nSPS) is 15.6. The summed E-state index contributed by atoms with van der Waals surface area (Å²) in [6, 6.07) is 0. The number of hydrogen-bond acceptors (Lipinski definition) is 6. The predicted octanol–water partition coefficient (Wildman–Crippen LogP) is 2.36. The van der Waals surface area contributed by atoms with Crippen LogP contribution in [-0.2, 0) is 4.79 Å². The molecular weight excluding hydrogens is 386 g/mol. The van der Waals surface area contributed by atoms with Gasteiger partial charge in [-0.3, -0.25) is 4.79 Å². The molecule has 0 aromatic carbocycles. The minimum Gasteiger partial charge on any atom is -0.394 e. The van der Waals surface area contributed by atoms with Gasteiger partial charge in [0.25, 0.3) is 5.91 Å². The maximum Gasteiger partial charge on any atom is 0.253 e. The average molecular weight is 434 g/mol. The molecule has 0 bridgehead atoms. The number of unbranched alkanes of at least 4 members (excludes halogenated alkanes) is 13. The monoisotopic (exact) mass is 433 g/mol. The fraction of sp³-hybridized carbons (Fsp3) is 0.957. The van der Waals surface area contributed by atoms with Gasteiger partial charge in [-0.2, -0.15) is 0 Å². The van der Waals surface area contributed by atoms with Crippen LogP contribution in [0.2, 0.25) is 0 Å². The van der Waals surface area contributed by atoms with E-state index in [1.807, 2.05) is 0 Å². The molecule has 0 radical (unpaired) electrons. The molecule has 0 spiro atoms. The van der Waals surface area contributed by atoms with Crippen LogP contribution in [0.15, 0.2) is 0 Å². The standard InChI is InChI=1S/C23H47NO6/c1-3-4-5-6-7-8-9-10-11-12-13-14-15-16-17-24(2)23(30)22(29)21(28)20(27)19(26)18-25/h19-22,25-29H,3-18H2,1-2H3. The van der Waals surface area contributed by atoms with E-state index in [0.29, 0.717) is 6.54 Å². The van der Waals surface area contributed by atoms with Crippen LogP contribution < -0.4 is 0 Å². The van der Waals surface area contributed by atoms with Crippen molar-refractivity contribution in [1.82, 2.24) is 4.90 Å². The summed E-state index contributed by atoms with van der Waals surface area (Å²) in [4.78, 5) is 13.5. The fourth-order valence-corrected chi connectivity index (χ4v) is 3.55. The van der Waals surface area contributed by atoms with Crippen molar-refractivity contribution in [2.75, 3.05) is 20.2 Å². The van der Waals surface area contributed by atoms with Gasteiger partial charge in [0.2, 0.25) is 0 Å². The van der Waals surface area contributed by atoms with Gasteiger partial charge in [0.15, 0.2) is 6.10 Å². The molecular formula is C23H47NO6. The molecule has 0 heterocycles. The van der Waals surface area contributed by atoms with E-state index in [1.54, 1.807) is 0 Å². The number of nitrogens with zero attached hydrogens (tertiary/aromatic N) is 1. The maximum absolute atomic E-state index is 12.1. The Morgan fingerprint density at radius 3 is 1.50 bits per heavy atom. The van der Waals surface area contributed by atoms with Crippen LogP contribution in [0.5, 0.6) is 0 Å². The molecule has 0 aromatic rings. The number of amides is 1. The molecule has 0 aliphatic heterocycles. The minimum atomic E-state index is -1.85. The van der Waals surface area contributed by atoms with Gasteiger partial charge < -0.3 is 30.4 Å². The van der Waals surface area contributed by atoms with Crippen LogP contribution in [0.25, 0.3) is 0 Å². The van der Waals surface area contributed by atoms with Crippen LogP contribution in [0, 0.1) is 0 Å². The van der Waals surface area contributed by atoms with Crippen LogP contribution in [0.3, 0.4) is 0 Å². The van der Waals surface area contributed by atoms with Crippen LogP contribution in [0.4, 0.5) is 0 Å². The lowest BCUT2D eigenvalue weighted by Gasteiger charge is -2.28. The summed E-state index contributed by atoms with van der Waals surface area (Å²) in [5, 5.41) is 47.4. The Kier molecular flexibility index (Phi) is 18.5. The molecule has 0 aliphatic carbocycles. The second-order valence-electron chi connectivity index (χ2n) is 8.53. The van der Waals surface area contributed by atoms with Gasteiger partial charge in [-0.15, -0.1) is 0 Å². The summed E-state index contributed by atoms with van der Waals surface area (Å²) in [6.45, 7) is 1.93. The second-order valence-corrected chi connectivity index (χ2v) is 8.53. The molecule has 0 aromatic heterocycles. The second kappa shape index (κ2) is 19.0. The van der Waals surface area contributed by atoms with Crippen molar-refractivity contribution in [1.29, 1.82) is 0 Å². The Hall–Kier alpha value is -0.730. The highest BCUT2D eigenvalue weighted by Gasteiger charge is 2.35. The number of likely N-dealkylation sites (N-methyl/N-ethyl adjacent to an activating group) is 1. The van der Waals surface area contributed by atoms with Gasteiger partial charge in [0.1, 0.15) is 18.3 Å². The van der Waals surface area contributed by atoms with Crippen LogP contribution >= 0.6 is 0 Å². The Bertz CT molecular complexity index is 409. The first-order chi connectivity index (χ1) is 14.4. The van der Waals surface area contributed by atoms with Gasteiger partial charge in [-0.1, -0.05) is 90.4 Å². The van der Waals surface area contributed by atoms with E-state index in [4.69, 9.17) is 5.11 Å². The van der Waals surface area contributed by atoms with Gasteiger partial charge in [-0.05, 0) is 6.42 Å². The molecule has 7 nitrogen and oxygen atoms in total. The molecule has 0 aliphatic rings. The molecule has 180 valence electrons. The van der Waals surface area contributed by atoms with E-state index in [2.05, 4.69) is 6.92 Å². The zero-order valence-electron chi connectivity index (χ0n) is 19.2. The lowest BCUT2D eigenvalue weighted by Crippen LogP contribution is -2.52. The third kappa shape index (κ3) is 13.5. The number of aliphatic hydroxyl groups excluding tert-OH is 5. The molecule has 4 atom stereocenters. The molecule has 0 fully saturated rings. The quantitative estimate of drug-likeness (QED) is 0.188. The van der Waals surface area contributed by atoms with Crippen molar-refractivity contribution in [3.63, 3.8) is 0 Å². The summed E-state index contributed by atoms with van der Waals surface area (Å²) >= 11 is 0. The molecule has 0 rings (SSSR count). The lowest BCUT2D eigenvalue weighted by molar-refractivity contribution is -0.157. The number of carbonyl (C=O) groups is 1. The van der Waals surface area contributed by atoms with E-state index >= 15 is 0 Å². The summed E-state index contributed by atoms with van der Waals surface area (Å²) in [6.07, 6.45) is 10.4. The van der Waals surface area contributed by atoms with Crippen molar-refractivity contribution in [3.8, 4) is 0 Å². The SMILES string of the molecule is CCCCCCCCCCCCCCCCN(C)C(=O)C(O)C(O)C(O)C(O)CO. The fourth-order valence-electron chi connectivity index (χ4n) is 3.55. The molecule has 0 saturated carbocycles. The molecule has 0 saturated heterocycles. The third-order valence-corrected chi connectivity index (χ3v) is 5.73. The van der Waals surface area contributed by atoms with Crippen molar-refractivity contribution >= 4 is 5.91 Å². The van der Waals surface area contributed by atoms with E-state index in [9.17, 15) is 25.2 Å². The molecule has 30 heavy (non-hydrogen) atoms. The highest BCUT2D eigenvalue weighted by Crippen LogP contribution is 2.13. The maximum atomic E-state index is 12.1. The average Bonchev–Trinajstić information content (AvgIpc) is 2.76. The van der Waals surface area contributed by atoms with E-state index < -0.39 is 36.9 Å². The number of hydrogen-bond donors (Lipinski definition) is 5. The summed E-state index contributed by atoms with van der Waals surface area (Å²) in [7, 11) is 1.54. The zero-order chi connectivity index (χ0) is 22.8. The van der Waals surface area contributed by atoms with Gasteiger partial charge in [-0.25, -0.2) is 0 Å². The zero-order valence-corrected chi connectivity index (χ0v) is 19.2. The van der Waals surface area contributed by atoms with Crippen molar-refractivity contribution in [3.05, 3.63) is 0 Å². The number of rotatable bonds is 20. The minimum absolute atomic E-state index is 0.458. The Labute approximate surface area is 183 Å². The van der Waals surface area contributed by atoms with Crippen molar-refractivity contribution in [2.45, 2.75) is 121 Å².